The fourth-order valence-corrected chi connectivity index (χ4v) is 1.22. The number of carbonyl (C=O) groups excluding carboxylic acids is 1. The second-order valence-corrected chi connectivity index (χ2v) is 4.87. The van der Waals surface area contributed by atoms with E-state index in [0.29, 0.717) is 13.0 Å². The largest absolute Gasteiger partial charge is 0.472 e. The summed E-state index contributed by atoms with van der Waals surface area (Å²) in [6.45, 7) is 6.03. The first kappa shape index (κ1) is 12.8. The Morgan fingerprint density at radius 2 is 2.25 bits per heavy atom. The second kappa shape index (κ2) is 5.16. The molecular weight excluding hydrogens is 206 g/mol. The summed E-state index contributed by atoms with van der Waals surface area (Å²) >= 11 is 0. The van der Waals surface area contributed by atoms with Gasteiger partial charge in [0.2, 0.25) is 5.91 Å². The van der Waals surface area contributed by atoms with Gasteiger partial charge in [0.25, 0.3) is 0 Å². The number of hydrogen-bond acceptors (Lipinski definition) is 3. The summed E-state index contributed by atoms with van der Waals surface area (Å²) in [5.41, 5.74) is 0.352. The normalized spacial score (nSPS) is 13.5. The highest BCUT2D eigenvalue weighted by molar-refractivity contribution is 5.81. The molecule has 0 spiro atoms. The highest BCUT2D eigenvalue weighted by Crippen LogP contribution is 2.16. The standard InChI is InChI=1S/C12H19NO3/c1-12(2,3)11(15)13-6-4-10(14)9-5-7-16-8-9/h5,7-8,10,14H,4,6H2,1-3H3,(H,13,15). The molecule has 1 heterocycles. The second-order valence-electron chi connectivity index (χ2n) is 4.87. The van der Waals surface area contributed by atoms with Crippen molar-refractivity contribution in [2.75, 3.05) is 6.54 Å². The van der Waals surface area contributed by atoms with Gasteiger partial charge in [-0.15, -0.1) is 0 Å². The fraction of sp³-hybridized carbons (Fsp3) is 0.583. The van der Waals surface area contributed by atoms with Gasteiger partial charge in [0, 0.05) is 17.5 Å². The molecular formula is C12H19NO3. The van der Waals surface area contributed by atoms with Crippen molar-refractivity contribution in [2.45, 2.75) is 33.3 Å². The maximum Gasteiger partial charge on any atom is 0.225 e. The van der Waals surface area contributed by atoms with Gasteiger partial charge in [-0.25, -0.2) is 0 Å². The van der Waals surface area contributed by atoms with Crippen LogP contribution in [0.4, 0.5) is 0 Å². The molecule has 4 nitrogen and oxygen atoms in total. The maximum atomic E-state index is 11.5. The van der Waals surface area contributed by atoms with Gasteiger partial charge in [-0.1, -0.05) is 20.8 Å². The van der Waals surface area contributed by atoms with Gasteiger partial charge in [-0.05, 0) is 12.5 Å². The number of carbonyl (C=O) groups is 1. The molecule has 4 heteroatoms. The van der Waals surface area contributed by atoms with Crippen molar-refractivity contribution in [1.82, 2.24) is 5.32 Å². The molecule has 16 heavy (non-hydrogen) atoms. The van der Waals surface area contributed by atoms with E-state index in [1.807, 2.05) is 20.8 Å². The van der Waals surface area contributed by atoms with Crippen LogP contribution in [0.2, 0.25) is 0 Å². The minimum absolute atomic E-state index is 0.00751. The SMILES string of the molecule is CC(C)(C)C(=O)NCCC(O)c1ccoc1. The molecule has 1 unspecified atom stereocenters. The monoisotopic (exact) mass is 225 g/mol. The lowest BCUT2D eigenvalue weighted by molar-refractivity contribution is -0.128. The first-order chi connectivity index (χ1) is 7.41. The van der Waals surface area contributed by atoms with Gasteiger partial charge in [0.05, 0.1) is 18.6 Å². The molecule has 1 rings (SSSR count). The van der Waals surface area contributed by atoms with Gasteiger partial charge in [-0.3, -0.25) is 4.79 Å². The highest BCUT2D eigenvalue weighted by Gasteiger charge is 2.20. The Morgan fingerprint density at radius 3 is 2.75 bits per heavy atom. The fourth-order valence-electron chi connectivity index (χ4n) is 1.22. The molecule has 1 aromatic heterocycles. The van der Waals surface area contributed by atoms with Crippen molar-refractivity contribution >= 4 is 5.91 Å². The number of nitrogens with one attached hydrogen (secondary N) is 1. The Balaban J connectivity index is 2.29. The molecule has 1 atom stereocenters. The molecule has 0 radical (unpaired) electrons. The molecule has 0 aliphatic heterocycles. The number of hydrogen-bond donors (Lipinski definition) is 2. The molecule has 0 aromatic carbocycles. The molecule has 90 valence electrons. The summed E-state index contributed by atoms with van der Waals surface area (Å²) in [5, 5.41) is 12.5. The predicted molar refractivity (Wildman–Crippen MR) is 60.7 cm³/mol. The van der Waals surface area contributed by atoms with E-state index in [-0.39, 0.29) is 11.3 Å². The molecule has 0 saturated heterocycles. The molecule has 2 N–H and O–H groups in total. The van der Waals surface area contributed by atoms with Crippen LogP contribution in [-0.2, 0) is 4.79 Å². The molecule has 0 aliphatic rings. The summed E-state index contributed by atoms with van der Waals surface area (Å²) in [4.78, 5) is 11.5. The van der Waals surface area contributed by atoms with Crippen LogP contribution in [0.3, 0.4) is 0 Å². The Hall–Kier alpha value is -1.29. The van der Waals surface area contributed by atoms with Crippen LogP contribution >= 0.6 is 0 Å². The van der Waals surface area contributed by atoms with Crippen LogP contribution in [0.5, 0.6) is 0 Å². The van der Waals surface area contributed by atoms with E-state index in [1.54, 1.807) is 6.07 Å². The molecule has 0 aliphatic carbocycles. The van der Waals surface area contributed by atoms with E-state index in [9.17, 15) is 9.90 Å². The third kappa shape index (κ3) is 3.70. The van der Waals surface area contributed by atoms with Crippen LogP contribution < -0.4 is 5.32 Å². The molecule has 0 fully saturated rings. The van der Waals surface area contributed by atoms with Crippen LogP contribution in [0.1, 0.15) is 38.9 Å². The zero-order valence-corrected chi connectivity index (χ0v) is 9.99. The van der Waals surface area contributed by atoms with Crippen LogP contribution in [0.15, 0.2) is 23.0 Å². The van der Waals surface area contributed by atoms with E-state index in [2.05, 4.69) is 5.32 Å². The van der Waals surface area contributed by atoms with E-state index in [1.165, 1.54) is 12.5 Å². The van der Waals surface area contributed by atoms with Crippen molar-refractivity contribution in [2.24, 2.45) is 5.41 Å². The Bertz CT molecular complexity index is 325. The first-order valence-corrected chi connectivity index (χ1v) is 5.39. The zero-order chi connectivity index (χ0) is 12.2. The van der Waals surface area contributed by atoms with Crippen molar-refractivity contribution in [1.29, 1.82) is 0 Å². The van der Waals surface area contributed by atoms with E-state index in [4.69, 9.17) is 4.42 Å². The third-order valence-corrected chi connectivity index (χ3v) is 2.31. The van der Waals surface area contributed by atoms with Crippen molar-refractivity contribution < 1.29 is 14.3 Å². The van der Waals surface area contributed by atoms with Crippen molar-refractivity contribution in [3.63, 3.8) is 0 Å². The van der Waals surface area contributed by atoms with Crippen molar-refractivity contribution in [3.8, 4) is 0 Å². The summed E-state index contributed by atoms with van der Waals surface area (Å²) in [6.07, 6.45) is 2.93. The van der Waals surface area contributed by atoms with Gasteiger partial charge in [0.1, 0.15) is 0 Å². The number of rotatable bonds is 4. The van der Waals surface area contributed by atoms with Gasteiger partial charge >= 0.3 is 0 Å². The summed E-state index contributed by atoms with van der Waals surface area (Å²) in [7, 11) is 0. The summed E-state index contributed by atoms with van der Waals surface area (Å²) in [5.74, 6) is -0.00751. The van der Waals surface area contributed by atoms with Crippen LogP contribution in [-0.4, -0.2) is 17.6 Å². The Labute approximate surface area is 95.7 Å². The smallest absolute Gasteiger partial charge is 0.225 e. The Kier molecular flexibility index (Phi) is 4.12. The predicted octanol–water partition coefficient (Wildman–Crippen LogP) is 1.87. The average Bonchev–Trinajstić information content (AvgIpc) is 2.68. The van der Waals surface area contributed by atoms with E-state index < -0.39 is 6.10 Å². The number of aliphatic hydroxyl groups is 1. The van der Waals surface area contributed by atoms with Gasteiger partial charge in [-0.2, -0.15) is 0 Å². The minimum Gasteiger partial charge on any atom is -0.472 e. The van der Waals surface area contributed by atoms with Crippen LogP contribution in [0, 0.1) is 5.41 Å². The lowest BCUT2D eigenvalue weighted by Crippen LogP contribution is -2.35. The first-order valence-electron chi connectivity index (χ1n) is 5.39. The lowest BCUT2D eigenvalue weighted by atomic mass is 9.95. The lowest BCUT2D eigenvalue weighted by Gasteiger charge is -2.18. The zero-order valence-electron chi connectivity index (χ0n) is 9.99. The Morgan fingerprint density at radius 1 is 1.56 bits per heavy atom. The number of furan rings is 1. The average molecular weight is 225 g/mol. The number of aliphatic hydroxyl groups excluding tert-OH is 1. The third-order valence-electron chi connectivity index (χ3n) is 2.31. The topological polar surface area (TPSA) is 62.5 Å². The van der Waals surface area contributed by atoms with Crippen LogP contribution in [0.25, 0.3) is 0 Å². The molecule has 1 amide bonds. The summed E-state index contributed by atoms with van der Waals surface area (Å²) < 4.78 is 4.87. The molecule has 0 bridgehead atoms. The van der Waals surface area contributed by atoms with Gasteiger partial charge < -0.3 is 14.8 Å². The quantitative estimate of drug-likeness (QED) is 0.822. The number of amides is 1. The van der Waals surface area contributed by atoms with Gasteiger partial charge in [0.15, 0.2) is 0 Å². The van der Waals surface area contributed by atoms with E-state index >= 15 is 0 Å². The molecule has 1 aromatic rings. The van der Waals surface area contributed by atoms with E-state index in [0.717, 1.165) is 5.56 Å². The van der Waals surface area contributed by atoms with Crippen molar-refractivity contribution in [3.05, 3.63) is 24.2 Å². The summed E-state index contributed by atoms with van der Waals surface area (Å²) in [6, 6.07) is 1.72. The molecule has 0 saturated carbocycles. The maximum absolute atomic E-state index is 11.5. The highest BCUT2D eigenvalue weighted by atomic mass is 16.3. The minimum atomic E-state index is -0.584.